The van der Waals surface area contributed by atoms with Crippen molar-refractivity contribution in [3.8, 4) is 34.2 Å². The van der Waals surface area contributed by atoms with Crippen LogP contribution in [0.15, 0.2) is 131 Å². The Bertz CT molecular complexity index is 2790. The molecule has 0 bridgehead atoms. The van der Waals surface area contributed by atoms with Gasteiger partial charge in [-0.25, -0.2) is 8.42 Å². The van der Waals surface area contributed by atoms with Gasteiger partial charge in [-0.1, -0.05) is 65.9 Å². The van der Waals surface area contributed by atoms with Crippen LogP contribution in [-0.2, 0) is 17.1 Å². The average Bonchev–Trinajstić information content (AvgIpc) is 3.59. The van der Waals surface area contributed by atoms with E-state index in [1.807, 2.05) is 105 Å². The van der Waals surface area contributed by atoms with E-state index in [1.54, 1.807) is 36.4 Å². The first kappa shape index (κ1) is 49.4. The number of rotatable bonds is 18. The predicted octanol–water partition coefficient (Wildman–Crippen LogP) is 9.72. The van der Waals surface area contributed by atoms with Crippen LogP contribution in [0.25, 0.3) is 22.4 Å². The van der Waals surface area contributed by atoms with Crippen LogP contribution in [0, 0.1) is 25.7 Å². The summed E-state index contributed by atoms with van der Waals surface area (Å²) in [6.45, 7) is 10.6. The molecule has 1 amide bonds. The Kier molecular flexibility index (Phi) is 16.9. The highest BCUT2D eigenvalue weighted by molar-refractivity contribution is 7.99. The Balaban J connectivity index is 1.04. The molecule has 6 aromatic rings. The zero-order valence-electron chi connectivity index (χ0n) is 39.4. The summed E-state index contributed by atoms with van der Waals surface area (Å²) in [5.74, 6) is 7.32. The highest BCUT2D eigenvalue weighted by Gasteiger charge is 2.26. The van der Waals surface area contributed by atoms with Crippen molar-refractivity contribution in [3.05, 3.63) is 154 Å². The number of piperazine rings is 1. The van der Waals surface area contributed by atoms with Crippen molar-refractivity contribution in [1.29, 1.82) is 0 Å². The number of benzene rings is 5. The second-order valence-electron chi connectivity index (χ2n) is 17.6. The van der Waals surface area contributed by atoms with E-state index in [-0.39, 0.29) is 16.8 Å². The van der Waals surface area contributed by atoms with E-state index >= 15 is 0 Å². The van der Waals surface area contributed by atoms with Crippen molar-refractivity contribution in [3.63, 3.8) is 0 Å². The molecule has 1 fully saturated rings. The molecule has 5 aromatic carbocycles. The van der Waals surface area contributed by atoms with E-state index in [9.17, 15) is 13.2 Å². The molecule has 10 nitrogen and oxygen atoms in total. The molecule has 350 valence electrons. The van der Waals surface area contributed by atoms with E-state index < -0.39 is 10.0 Å². The molecule has 7 rings (SSSR count). The van der Waals surface area contributed by atoms with Gasteiger partial charge in [0.25, 0.3) is 15.9 Å². The lowest BCUT2D eigenvalue weighted by Gasteiger charge is -2.32. The molecule has 1 aliphatic rings. The van der Waals surface area contributed by atoms with Crippen LogP contribution < -0.4 is 15.4 Å². The maximum atomic E-state index is 14.1. The number of anilines is 2. The number of sulfonamides is 1. The molecule has 13 heteroatoms. The second kappa shape index (κ2) is 23.0. The van der Waals surface area contributed by atoms with Crippen molar-refractivity contribution in [2.45, 2.75) is 42.5 Å². The Labute approximate surface area is 407 Å². The minimum absolute atomic E-state index is 0.105. The van der Waals surface area contributed by atoms with Crippen LogP contribution >= 0.6 is 23.4 Å². The van der Waals surface area contributed by atoms with Gasteiger partial charge in [0.2, 0.25) is 0 Å². The van der Waals surface area contributed by atoms with Gasteiger partial charge in [-0.3, -0.25) is 9.52 Å². The highest BCUT2D eigenvalue weighted by atomic mass is 35.5. The predicted molar refractivity (Wildman–Crippen MR) is 279 cm³/mol. The fourth-order valence-corrected chi connectivity index (χ4v) is 10.5. The molecule has 1 aliphatic heterocycles. The molecule has 1 aromatic heterocycles. The molecule has 3 N–H and O–H groups in total. The van der Waals surface area contributed by atoms with E-state index in [0.29, 0.717) is 22.8 Å². The summed E-state index contributed by atoms with van der Waals surface area (Å²) in [7, 11) is 4.43. The minimum Gasteiger partial charge on any atom is -0.381 e. The minimum atomic E-state index is -3.86. The third-order valence-electron chi connectivity index (χ3n) is 12.2. The number of nitrogens with zero attached hydrogens (tertiary/aromatic N) is 4. The molecule has 1 saturated heterocycles. The maximum absolute atomic E-state index is 14.1. The maximum Gasteiger partial charge on any atom is 0.261 e. The third-order valence-corrected chi connectivity index (χ3v) is 15.0. The van der Waals surface area contributed by atoms with Crippen molar-refractivity contribution in [1.82, 2.24) is 24.6 Å². The molecule has 1 atom stereocenters. The zero-order chi connectivity index (χ0) is 47.5. The quantitative estimate of drug-likeness (QED) is 0.0445. The number of nitrogens with one attached hydrogen (secondary N) is 3. The van der Waals surface area contributed by atoms with Crippen LogP contribution in [0.3, 0.4) is 0 Å². The molecular weight excluding hydrogens is 894 g/mol. The Morgan fingerprint density at radius 1 is 0.821 bits per heavy atom. The van der Waals surface area contributed by atoms with Gasteiger partial charge in [0, 0.05) is 95.2 Å². The number of aromatic nitrogens is 1. The van der Waals surface area contributed by atoms with Gasteiger partial charge in [0.15, 0.2) is 0 Å². The van der Waals surface area contributed by atoms with Crippen LogP contribution in [0.2, 0.25) is 5.02 Å². The van der Waals surface area contributed by atoms with Crippen LogP contribution in [0.1, 0.15) is 45.6 Å². The molecule has 67 heavy (non-hydrogen) atoms. The van der Waals surface area contributed by atoms with Gasteiger partial charge >= 0.3 is 0 Å². The largest absolute Gasteiger partial charge is 0.381 e. The summed E-state index contributed by atoms with van der Waals surface area (Å²) in [5.41, 5.74) is 8.78. The highest BCUT2D eigenvalue weighted by Crippen LogP contribution is 2.39. The topological polar surface area (TPSA) is 102 Å². The summed E-state index contributed by atoms with van der Waals surface area (Å²) in [5, 5.41) is 7.55. The van der Waals surface area contributed by atoms with E-state index in [0.717, 1.165) is 108 Å². The van der Waals surface area contributed by atoms with Crippen LogP contribution in [0.5, 0.6) is 0 Å². The molecule has 0 saturated carbocycles. The number of aryl methyl sites for hydroxylation is 1. The lowest BCUT2D eigenvalue weighted by molar-refractivity contribution is 0.0949. The smallest absolute Gasteiger partial charge is 0.261 e. The standard InChI is InChI=1S/C54H62ClN7O3S2/c1-39-36-49(26-27-50(39)57-47(28-31-59(3)4)38-66-48-14-8-7-9-15-48)67(64,65)58-46-24-18-41(19-25-46)16-17-42-12-10-13-44(37-42)52-51(40(2)61(6)53(52)43-20-22-45(55)23-21-43)54(63)56-29-11-30-62-34-32-60(5)33-35-62/h7-10,12-15,18-27,36-37,47,57-58H,11,28-35,38H2,1-6H3,(H,56,63)/t47-/m1/s1. The van der Waals surface area contributed by atoms with Crippen molar-refractivity contribution < 1.29 is 13.2 Å². The fraction of sp³-hybridized carbons (Fsp3) is 0.315. The number of likely N-dealkylation sites (N-methyl/N-ethyl adjacent to an activating group) is 1. The molecule has 0 radical (unpaired) electrons. The number of hydrogen-bond acceptors (Lipinski definition) is 8. The summed E-state index contributed by atoms with van der Waals surface area (Å²) in [4.78, 5) is 22.5. The summed E-state index contributed by atoms with van der Waals surface area (Å²) in [6, 6.07) is 38.5. The van der Waals surface area contributed by atoms with Crippen molar-refractivity contribution >= 4 is 50.7 Å². The zero-order valence-corrected chi connectivity index (χ0v) is 41.8. The van der Waals surface area contributed by atoms with Crippen LogP contribution in [0.4, 0.5) is 11.4 Å². The van der Waals surface area contributed by atoms with Crippen molar-refractivity contribution in [2.24, 2.45) is 7.05 Å². The second-order valence-corrected chi connectivity index (χ2v) is 20.8. The van der Waals surface area contributed by atoms with Gasteiger partial charge < -0.3 is 29.9 Å². The monoisotopic (exact) mass is 955 g/mol. The number of amides is 1. The lowest BCUT2D eigenvalue weighted by Crippen LogP contribution is -2.45. The summed E-state index contributed by atoms with van der Waals surface area (Å²) in [6.07, 6.45) is 1.82. The molecule has 0 aliphatic carbocycles. The van der Waals surface area contributed by atoms with Gasteiger partial charge in [-0.2, -0.15) is 0 Å². The molecule has 0 unspecified atom stereocenters. The molecule has 0 spiro atoms. The van der Waals surface area contributed by atoms with E-state index in [1.165, 1.54) is 4.90 Å². The first-order valence-electron chi connectivity index (χ1n) is 22.8. The number of hydrogen-bond donors (Lipinski definition) is 3. The lowest BCUT2D eigenvalue weighted by atomic mass is 9.95. The molecular formula is C54H62ClN7O3S2. The van der Waals surface area contributed by atoms with Crippen LogP contribution in [-0.4, -0.2) is 112 Å². The Hall–Kier alpha value is -5.52. The number of halogens is 1. The first-order valence-corrected chi connectivity index (χ1v) is 25.7. The fourth-order valence-electron chi connectivity index (χ4n) is 8.21. The summed E-state index contributed by atoms with van der Waals surface area (Å²) >= 11 is 8.13. The number of thioether (sulfide) groups is 1. The molecule has 2 heterocycles. The van der Waals surface area contributed by atoms with Gasteiger partial charge in [0.05, 0.1) is 16.2 Å². The summed E-state index contributed by atoms with van der Waals surface area (Å²) < 4.78 is 32.1. The van der Waals surface area contributed by atoms with Gasteiger partial charge in [0.1, 0.15) is 0 Å². The van der Waals surface area contributed by atoms with Gasteiger partial charge in [-0.05, 0) is 156 Å². The number of carbonyl (C=O) groups is 1. The number of carbonyl (C=O) groups excluding carboxylic acids is 1. The van der Waals surface area contributed by atoms with E-state index in [2.05, 4.69) is 79.7 Å². The Morgan fingerprint density at radius 2 is 1.54 bits per heavy atom. The normalized spacial score (nSPS) is 13.8. The Morgan fingerprint density at radius 3 is 2.24 bits per heavy atom. The third kappa shape index (κ3) is 13.3. The van der Waals surface area contributed by atoms with E-state index in [4.69, 9.17) is 11.6 Å². The first-order chi connectivity index (χ1) is 32.2. The average molecular weight is 957 g/mol. The SMILES string of the molecule is Cc1cc(S(=O)(=O)Nc2ccc(C#Cc3cccc(-c4c(C(=O)NCCCN5CCN(C)CC5)c(C)n(C)c4-c4ccc(Cl)cc4)c3)cc2)ccc1N[C@H](CCN(C)C)CSc1ccccc1. The van der Waals surface area contributed by atoms with Crippen molar-refractivity contribution in [2.75, 3.05) is 82.7 Å². The van der Waals surface area contributed by atoms with Gasteiger partial charge in [-0.15, -0.1) is 11.8 Å².